The minimum atomic E-state index is -0.344. The Morgan fingerprint density at radius 3 is 2.77 bits per heavy atom. The van der Waals surface area contributed by atoms with Gasteiger partial charge in [0.05, 0.1) is 5.39 Å². The van der Waals surface area contributed by atoms with Gasteiger partial charge in [-0.2, -0.15) is 0 Å². The zero-order valence-corrected chi connectivity index (χ0v) is 8.18. The molecule has 2 nitrogen and oxygen atoms in total. The summed E-state index contributed by atoms with van der Waals surface area (Å²) in [5, 5.41) is 1.12. The minimum Gasteiger partial charge on any atom is -0.383 e. The summed E-state index contributed by atoms with van der Waals surface area (Å²) in [5.41, 5.74) is 5.55. The van der Waals surface area contributed by atoms with E-state index < -0.39 is 0 Å². The molecule has 0 saturated carbocycles. The van der Waals surface area contributed by atoms with Crippen LogP contribution in [0.25, 0.3) is 10.8 Å². The maximum atomic E-state index is 13.3. The van der Waals surface area contributed by atoms with Crippen molar-refractivity contribution in [1.29, 1.82) is 0 Å². The Morgan fingerprint density at radius 1 is 1.31 bits per heavy atom. The van der Waals surface area contributed by atoms with Crippen LogP contribution in [0.1, 0.15) is 0 Å². The second-order valence-electron chi connectivity index (χ2n) is 2.65. The molecule has 0 amide bonds. The third kappa shape index (κ3) is 1.27. The number of benzene rings is 1. The number of anilines is 1. The van der Waals surface area contributed by atoms with Crippen molar-refractivity contribution in [1.82, 2.24) is 4.98 Å². The molecule has 2 aromatic rings. The highest BCUT2D eigenvalue weighted by Crippen LogP contribution is 2.28. The number of hydrogen-bond donors (Lipinski definition) is 1. The van der Waals surface area contributed by atoms with Crippen LogP contribution in [-0.4, -0.2) is 4.98 Å². The second kappa shape index (κ2) is 2.96. The first-order chi connectivity index (χ1) is 6.20. The molecule has 66 valence electrons. The zero-order chi connectivity index (χ0) is 9.42. The monoisotopic (exact) mass is 240 g/mol. The third-order valence-electron chi connectivity index (χ3n) is 1.85. The molecule has 0 spiro atoms. The lowest BCUT2D eigenvalue weighted by Gasteiger charge is -2.03. The molecule has 0 radical (unpaired) electrons. The molecular weight excluding hydrogens is 235 g/mol. The molecule has 1 heterocycles. The third-order valence-corrected chi connectivity index (χ3v) is 2.54. The lowest BCUT2D eigenvalue weighted by atomic mass is 10.1. The van der Waals surface area contributed by atoms with Crippen LogP contribution in [0.4, 0.5) is 10.2 Å². The first-order valence-electron chi connectivity index (χ1n) is 3.68. The van der Waals surface area contributed by atoms with Gasteiger partial charge in [-0.05, 0) is 18.2 Å². The largest absolute Gasteiger partial charge is 0.383 e. The molecule has 4 heteroatoms. The van der Waals surface area contributed by atoms with E-state index in [2.05, 4.69) is 20.9 Å². The zero-order valence-electron chi connectivity index (χ0n) is 6.59. The summed E-state index contributed by atoms with van der Waals surface area (Å²) in [6, 6.07) is 4.74. The SMILES string of the molecule is Nc1nccc2c(Br)ccc(F)c12. The number of aromatic nitrogens is 1. The van der Waals surface area contributed by atoms with Crippen LogP contribution in [0.15, 0.2) is 28.9 Å². The molecule has 0 aliphatic carbocycles. The number of hydrogen-bond acceptors (Lipinski definition) is 2. The molecule has 0 fully saturated rings. The van der Waals surface area contributed by atoms with Crippen molar-refractivity contribution in [3.63, 3.8) is 0 Å². The van der Waals surface area contributed by atoms with Crippen molar-refractivity contribution in [2.75, 3.05) is 5.73 Å². The fraction of sp³-hybridized carbons (Fsp3) is 0. The fourth-order valence-corrected chi connectivity index (χ4v) is 1.71. The van der Waals surface area contributed by atoms with Crippen molar-refractivity contribution in [2.24, 2.45) is 0 Å². The molecule has 2 rings (SSSR count). The Bertz CT molecular complexity index is 462. The first kappa shape index (κ1) is 8.44. The van der Waals surface area contributed by atoms with Crippen LogP contribution in [0.5, 0.6) is 0 Å². The van der Waals surface area contributed by atoms with Gasteiger partial charge in [0.1, 0.15) is 11.6 Å². The van der Waals surface area contributed by atoms with Crippen LogP contribution in [0.3, 0.4) is 0 Å². The Morgan fingerprint density at radius 2 is 2.08 bits per heavy atom. The van der Waals surface area contributed by atoms with Crippen molar-refractivity contribution in [3.05, 3.63) is 34.7 Å². The second-order valence-corrected chi connectivity index (χ2v) is 3.50. The van der Waals surface area contributed by atoms with Gasteiger partial charge in [0.15, 0.2) is 0 Å². The molecule has 0 aliphatic heterocycles. The van der Waals surface area contributed by atoms with Gasteiger partial charge < -0.3 is 5.73 Å². The molecule has 0 bridgehead atoms. The summed E-state index contributed by atoms with van der Waals surface area (Å²) in [6.45, 7) is 0. The molecule has 1 aromatic carbocycles. The van der Waals surface area contributed by atoms with Gasteiger partial charge in [0.25, 0.3) is 0 Å². The number of nitrogen functional groups attached to an aromatic ring is 1. The normalized spacial score (nSPS) is 10.6. The maximum Gasteiger partial charge on any atom is 0.134 e. The van der Waals surface area contributed by atoms with Crippen molar-refractivity contribution >= 4 is 32.5 Å². The number of nitrogens with two attached hydrogens (primary N) is 1. The molecule has 0 aliphatic rings. The van der Waals surface area contributed by atoms with E-state index in [1.165, 1.54) is 6.07 Å². The Hall–Kier alpha value is -1.16. The lowest BCUT2D eigenvalue weighted by molar-refractivity contribution is 0.639. The van der Waals surface area contributed by atoms with Gasteiger partial charge in [-0.3, -0.25) is 0 Å². The summed E-state index contributed by atoms with van der Waals surface area (Å²) in [6.07, 6.45) is 1.56. The van der Waals surface area contributed by atoms with Gasteiger partial charge in [0.2, 0.25) is 0 Å². The predicted octanol–water partition coefficient (Wildman–Crippen LogP) is 2.72. The van der Waals surface area contributed by atoms with E-state index in [0.717, 1.165) is 9.86 Å². The van der Waals surface area contributed by atoms with E-state index in [0.29, 0.717) is 5.39 Å². The highest BCUT2D eigenvalue weighted by Gasteiger charge is 2.07. The number of rotatable bonds is 0. The van der Waals surface area contributed by atoms with Crippen molar-refractivity contribution in [2.45, 2.75) is 0 Å². The van der Waals surface area contributed by atoms with Crippen molar-refractivity contribution < 1.29 is 4.39 Å². The molecule has 13 heavy (non-hydrogen) atoms. The highest BCUT2D eigenvalue weighted by atomic mass is 79.9. The van der Waals surface area contributed by atoms with Crippen LogP contribution in [0, 0.1) is 5.82 Å². The average molecular weight is 241 g/mol. The number of fused-ring (bicyclic) bond motifs is 1. The van der Waals surface area contributed by atoms with Crippen LogP contribution in [0.2, 0.25) is 0 Å². The molecule has 1 aromatic heterocycles. The van der Waals surface area contributed by atoms with E-state index >= 15 is 0 Å². The van der Waals surface area contributed by atoms with Crippen LogP contribution in [-0.2, 0) is 0 Å². The molecule has 0 unspecified atom stereocenters. The Labute approximate surface area is 82.7 Å². The molecular formula is C9H6BrFN2. The maximum absolute atomic E-state index is 13.3. The number of pyridine rings is 1. The summed E-state index contributed by atoms with van der Waals surface area (Å²) in [7, 11) is 0. The quantitative estimate of drug-likeness (QED) is 0.770. The van der Waals surface area contributed by atoms with Crippen molar-refractivity contribution in [3.8, 4) is 0 Å². The van der Waals surface area contributed by atoms with E-state index in [4.69, 9.17) is 5.73 Å². The smallest absolute Gasteiger partial charge is 0.134 e. The number of halogens is 2. The molecule has 0 saturated heterocycles. The summed E-state index contributed by atoms with van der Waals surface area (Å²) in [5.74, 6) is -0.125. The topological polar surface area (TPSA) is 38.9 Å². The van der Waals surface area contributed by atoms with Gasteiger partial charge in [-0.15, -0.1) is 0 Å². The van der Waals surface area contributed by atoms with Gasteiger partial charge in [-0.25, -0.2) is 9.37 Å². The molecule has 2 N–H and O–H groups in total. The van der Waals surface area contributed by atoms with E-state index in [9.17, 15) is 4.39 Å². The summed E-state index contributed by atoms with van der Waals surface area (Å²) >= 11 is 3.32. The van der Waals surface area contributed by atoms with E-state index in [1.807, 2.05) is 0 Å². The highest BCUT2D eigenvalue weighted by molar-refractivity contribution is 9.10. The van der Waals surface area contributed by atoms with Gasteiger partial charge >= 0.3 is 0 Å². The summed E-state index contributed by atoms with van der Waals surface area (Å²) < 4.78 is 14.1. The summed E-state index contributed by atoms with van der Waals surface area (Å²) in [4.78, 5) is 3.83. The average Bonchev–Trinajstić information content (AvgIpc) is 2.12. The van der Waals surface area contributed by atoms with E-state index in [1.54, 1.807) is 18.3 Å². The standard InChI is InChI=1S/C9H6BrFN2/c10-6-1-2-7(11)8-5(6)3-4-13-9(8)12/h1-4H,(H2,12,13). The lowest BCUT2D eigenvalue weighted by Crippen LogP contribution is -1.93. The molecule has 0 atom stereocenters. The fourth-order valence-electron chi connectivity index (χ4n) is 1.25. The van der Waals surface area contributed by atoms with E-state index in [-0.39, 0.29) is 11.6 Å². The number of nitrogens with zero attached hydrogens (tertiary/aromatic N) is 1. The van der Waals surface area contributed by atoms with Gasteiger partial charge in [0, 0.05) is 16.1 Å². The first-order valence-corrected chi connectivity index (χ1v) is 4.47. The van der Waals surface area contributed by atoms with Gasteiger partial charge in [-0.1, -0.05) is 15.9 Å². The Balaban J connectivity index is 3.00. The predicted molar refractivity (Wildman–Crippen MR) is 53.8 cm³/mol. The minimum absolute atomic E-state index is 0.219. The van der Waals surface area contributed by atoms with Crippen LogP contribution < -0.4 is 5.73 Å². The Kier molecular flexibility index (Phi) is 1.92. The van der Waals surface area contributed by atoms with Crippen LogP contribution >= 0.6 is 15.9 Å².